The lowest BCUT2D eigenvalue weighted by molar-refractivity contribution is 0.135. The number of rotatable bonds is 1. The Morgan fingerprint density at radius 2 is 1.94 bits per heavy atom. The van der Waals surface area contributed by atoms with Gasteiger partial charge in [0.05, 0.1) is 0 Å². The van der Waals surface area contributed by atoms with Crippen molar-refractivity contribution < 1.29 is 28.2 Å². The van der Waals surface area contributed by atoms with Crippen molar-refractivity contribution in [3.05, 3.63) is 35.4 Å². The Morgan fingerprint density at radius 1 is 1.35 bits per heavy atom. The molecule has 2 rings (SSSR count). The number of carbonyl (C=O) groups is 2. The Labute approximate surface area is 94.2 Å². The minimum atomic E-state index is -1.53. The van der Waals surface area contributed by atoms with Crippen LogP contribution in [0, 0.1) is 11.6 Å². The predicted octanol–water partition coefficient (Wildman–Crippen LogP) is 2.14. The average molecular weight is 243 g/mol. The molecule has 1 aliphatic heterocycles. The first-order valence-electron chi connectivity index (χ1n) is 4.64. The topological polar surface area (TPSA) is 66.8 Å². The predicted molar refractivity (Wildman–Crippen MR) is 50.3 cm³/mol. The Hall–Kier alpha value is -2.18. The van der Waals surface area contributed by atoms with Gasteiger partial charge in [-0.25, -0.2) is 23.3 Å². The van der Waals surface area contributed by atoms with Crippen LogP contribution in [0.2, 0.25) is 0 Å². The summed E-state index contributed by atoms with van der Waals surface area (Å²) in [6.07, 6.45) is -2.57. The van der Waals surface area contributed by atoms with Crippen LogP contribution in [0.3, 0.4) is 0 Å². The SMILES string of the molecule is O=C(O)N1C(=O)OC[C@@H]1c1cc(F)cc(F)c1. The summed E-state index contributed by atoms with van der Waals surface area (Å²) >= 11 is 0. The summed E-state index contributed by atoms with van der Waals surface area (Å²) in [7, 11) is 0. The first kappa shape index (κ1) is 11.3. The molecule has 1 N–H and O–H groups in total. The summed E-state index contributed by atoms with van der Waals surface area (Å²) in [5.74, 6) is -1.69. The minimum absolute atomic E-state index is 0.0377. The van der Waals surface area contributed by atoms with E-state index >= 15 is 0 Å². The van der Waals surface area contributed by atoms with E-state index < -0.39 is 29.9 Å². The Balaban J connectivity index is 2.39. The molecular formula is C10H7F2NO4. The summed E-state index contributed by atoms with van der Waals surface area (Å²) in [5.41, 5.74) is 0.0377. The van der Waals surface area contributed by atoms with Gasteiger partial charge < -0.3 is 9.84 Å². The van der Waals surface area contributed by atoms with Crippen LogP contribution in [-0.2, 0) is 4.74 Å². The molecule has 90 valence electrons. The van der Waals surface area contributed by atoms with E-state index in [-0.39, 0.29) is 12.2 Å². The number of hydrogen-bond donors (Lipinski definition) is 1. The number of carbonyl (C=O) groups excluding carboxylic acids is 1. The second-order valence-corrected chi connectivity index (χ2v) is 3.45. The van der Waals surface area contributed by atoms with E-state index in [0.717, 1.165) is 12.1 Å². The highest BCUT2D eigenvalue weighted by atomic mass is 19.1. The van der Waals surface area contributed by atoms with Crippen LogP contribution in [-0.4, -0.2) is 28.8 Å². The fourth-order valence-corrected chi connectivity index (χ4v) is 1.65. The molecule has 0 radical (unpaired) electrons. The second kappa shape index (κ2) is 4.00. The molecule has 1 heterocycles. The van der Waals surface area contributed by atoms with Gasteiger partial charge in [0.25, 0.3) is 0 Å². The third-order valence-electron chi connectivity index (χ3n) is 2.35. The zero-order chi connectivity index (χ0) is 12.6. The van der Waals surface area contributed by atoms with E-state index in [4.69, 9.17) is 5.11 Å². The molecule has 1 aromatic rings. The largest absolute Gasteiger partial charge is 0.465 e. The van der Waals surface area contributed by atoms with Gasteiger partial charge in [-0.2, -0.15) is 0 Å². The maximum atomic E-state index is 13.0. The standard InChI is InChI=1S/C10H7F2NO4/c11-6-1-5(2-7(12)3-6)8-4-17-10(16)13(8)9(14)15/h1-3,8H,4H2,(H,14,15)/t8-/m1/s1. The first-order valence-corrected chi connectivity index (χ1v) is 4.64. The van der Waals surface area contributed by atoms with Crippen molar-refractivity contribution in [3.8, 4) is 0 Å². The summed E-state index contributed by atoms with van der Waals surface area (Å²) in [6.45, 7) is -0.256. The quantitative estimate of drug-likeness (QED) is 0.820. The smallest absolute Gasteiger partial charge is 0.420 e. The molecule has 0 aliphatic carbocycles. The molecule has 1 aromatic carbocycles. The molecule has 1 fully saturated rings. The fraction of sp³-hybridized carbons (Fsp3) is 0.200. The minimum Gasteiger partial charge on any atom is -0.465 e. The van der Waals surface area contributed by atoms with Crippen molar-refractivity contribution in [3.63, 3.8) is 0 Å². The Bertz CT molecular complexity index is 471. The highest BCUT2D eigenvalue weighted by molar-refractivity contribution is 5.88. The van der Waals surface area contributed by atoms with Crippen molar-refractivity contribution in [1.82, 2.24) is 4.90 Å². The molecule has 7 heteroatoms. The van der Waals surface area contributed by atoms with Crippen molar-refractivity contribution in [2.75, 3.05) is 6.61 Å². The van der Waals surface area contributed by atoms with Gasteiger partial charge in [-0.15, -0.1) is 0 Å². The van der Waals surface area contributed by atoms with Crippen LogP contribution < -0.4 is 0 Å². The molecule has 2 amide bonds. The van der Waals surface area contributed by atoms with Gasteiger partial charge in [-0.3, -0.25) is 0 Å². The molecule has 0 aromatic heterocycles. The van der Waals surface area contributed by atoms with E-state index in [0.29, 0.717) is 11.0 Å². The molecule has 0 unspecified atom stereocenters. The number of cyclic esters (lactones) is 1. The van der Waals surface area contributed by atoms with Crippen molar-refractivity contribution in [1.29, 1.82) is 0 Å². The van der Waals surface area contributed by atoms with Crippen LogP contribution in [0.4, 0.5) is 18.4 Å². The van der Waals surface area contributed by atoms with Gasteiger partial charge in [0.2, 0.25) is 0 Å². The lowest BCUT2D eigenvalue weighted by atomic mass is 10.1. The Kier molecular flexibility index (Phi) is 2.66. The maximum absolute atomic E-state index is 13.0. The molecule has 1 aliphatic rings. The number of imide groups is 1. The first-order chi connectivity index (χ1) is 7.99. The normalized spacial score (nSPS) is 19.3. The molecule has 1 atom stereocenters. The molecule has 0 saturated carbocycles. The highest BCUT2D eigenvalue weighted by Gasteiger charge is 2.39. The highest BCUT2D eigenvalue weighted by Crippen LogP contribution is 2.28. The molecule has 5 nitrogen and oxygen atoms in total. The summed E-state index contributed by atoms with van der Waals surface area (Å²) < 4.78 is 30.5. The van der Waals surface area contributed by atoms with Gasteiger partial charge in [-0.1, -0.05) is 0 Å². The number of benzene rings is 1. The van der Waals surface area contributed by atoms with Gasteiger partial charge in [0.15, 0.2) is 0 Å². The zero-order valence-electron chi connectivity index (χ0n) is 8.39. The van der Waals surface area contributed by atoms with Crippen LogP contribution in [0.25, 0.3) is 0 Å². The number of nitrogens with zero attached hydrogens (tertiary/aromatic N) is 1. The third kappa shape index (κ3) is 2.03. The molecule has 1 saturated heterocycles. The number of halogens is 2. The molecule has 0 bridgehead atoms. The van der Waals surface area contributed by atoms with Crippen molar-refractivity contribution >= 4 is 12.2 Å². The number of ether oxygens (including phenoxy) is 1. The Morgan fingerprint density at radius 3 is 2.47 bits per heavy atom. The summed E-state index contributed by atoms with van der Waals surface area (Å²) in [4.78, 5) is 22.3. The molecule has 0 spiro atoms. The van der Waals surface area contributed by atoms with Gasteiger partial charge in [0.1, 0.15) is 24.3 Å². The van der Waals surface area contributed by atoms with Crippen LogP contribution in [0.5, 0.6) is 0 Å². The average Bonchev–Trinajstić information content (AvgIpc) is 2.58. The zero-order valence-corrected chi connectivity index (χ0v) is 8.39. The van der Waals surface area contributed by atoms with E-state index in [9.17, 15) is 18.4 Å². The van der Waals surface area contributed by atoms with E-state index in [1.807, 2.05) is 0 Å². The van der Waals surface area contributed by atoms with E-state index in [1.54, 1.807) is 0 Å². The lowest BCUT2D eigenvalue weighted by Gasteiger charge is -2.16. The second-order valence-electron chi connectivity index (χ2n) is 3.45. The van der Waals surface area contributed by atoms with Gasteiger partial charge >= 0.3 is 12.2 Å². The molecule has 17 heavy (non-hydrogen) atoms. The monoisotopic (exact) mass is 243 g/mol. The summed E-state index contributed by atoms with van der Waals surface area (Å²) in [6, 6.07) is 1.56. The van der Waals surface area contributed by atoms with E-state index in [2.05, 4.69) is 4.74 Å². The molecular weight excluding hydrogens is 236 g/mol. The third-order valence-corrected chi connectivity index (χ3v) is 2.35. The van der Waals surface area contributed by atoms with Gasteiger partial charge in [0, 0.05) is 6.07 Å². The lowest BCUT2D eigenvalue weighted by Crippen LogP contribution is -2.32. The van der Waals surface area contributed by atoms with Crippen molar-refractivity contribution in [2.24, 2.45) is 0 Å². The van der Waals surface area contributed by atoms with Crippen LogP contribution >= 0.6 is 0 Å². The van der Waals surface area contributed by atoms with E-state index in [1.165, 1.54) is 0 Å². The number of amides is 2. The van der Waals surface area contributed by atoms with Crippen molar-refractivity contribution in [2.45, 2.75) is 6.04 Å². The van der Waals surface area contributed by atoms with Crippen LogP contribution in [0.15, 0.2) is 18.2 Å². The maximum Gasteiger partial charge on any atom is 0.420 e. The van der Waals surface area contributed by atoms with Crippen LogP contribution in [0.1, 0.15) is 11.6 Å². The fourth-order valence-electron chi connectivity index (χ4n) is 1.65. The van der Waals surface area contributed by atoms with Gasteiger partial charge in [-0.05, 0) is 17.7 Å². The number of carboxylic acid groups (broad SMARTS) is 1. The number of hydrogen-bond acceptors (Lipinski definition) is 3. The summed E-state index contributed by atoms with van der Waals surface area (Å²) in [5, 5.41) is 8.79.